The summed E-state index contributed by atoms with van der Waals surface area (Å²) in [4.78, 5) is 12.6. The average molecular weight is 386 g/mol. The molecule has 1 aliphatic rings. The normalized spacial score (nSPS) is 12.9. The van der Waals surface area contributed by atoms with E-state index in [0.717, 1.165) is 29.4 Å². The van der Waals surface area contributed by atoms with Gasteiger partial charge in [-0.1, -0.05) is 11.6 Å². The molecule has 0 atom stereocenters. The second-order valence-corrected chi connectivity index (χ2v) is 7.05. The number of hydrogen-bond acceptors (Lipinski definition) is 4. The number of benzene rings is 2. The van der Waals surface area contributed by atoms with E-state index in [1.54, 1.807) is 18.4 Å². The minimum absolute atomic E-state index is 0.174. The zero-order valence-corrected chi connectivity index (χ0v) is 16.0. The summed E-state index contributed by atoms with van der Waals surface area (Å²) in [6, 6.07) is 7.53. The number of fused-ring (bicyclic) bond motifs is 2. The molecule has 27 heavy (non-hydrogen) atoms. The fourth-order valence-corrected chi connectivity index (χ4v) is 3.80. The third-order valence-corrected chi connectivity index (χ3v) is 5.28. The summed E-state index contributed by atoms with van der Waals surface area (Å²) in [6.45, 7) is 0. The van der Waals surface area contributed by atoms with Crippen molar-refractivity contribution < 1.29 is 18.7 Å². The zero-order chi connectivity index (χ0) is 19.0. The molecule has 0 unspecified atom stereocenters. The predicted molar refractivity (Wildman–Crippen MR) is 105 cm³/mol. The molecular formula is C21H20ClNO4. The summed E-state index contributed by atoms with van der Waals surface area (Å²) in [5, 5.41) is 4.23. The second-order valence-electron chi connectivity index (χ2n) is 6.64. The third kappa shape index (κ3) is 3.35. The van der Waals surface area contributed by atoms with Crippen LogP contribution in [0.4, 0.5) is 5.69 Å². The number of carbonyl (C=O) groups excluding carboxylic acids is 1. The number of furan rings is 1. The molecule has 1 N–H and O–H groups in total. The lowest BCUT2D eigenvalue weighted by Gasteiger charge is -2.12. The molecule has 0 bridgehead atoms. The van der Waals surface area contributed by atoms with Gasteiger partial charge in [-0.05, 0) is 42.5 Å². The highest BCUT2D eigenvalue weighted by Crippen LogP contribution is 2.36. The lowest BCUT2D eigenvalue weighted by Crippen LogP contribution is -2.14. The van der Waals surface area contributed by atoms with Gasteiger partial charge in [-0.15, -0.1) is 0 Å². The summed E-state index contributed by atoms with van der Waals surface area (Å²) in [7, 11) is 3.07. The minimum atomic E-state index is -0.174. The molecule has 0 spiro atoms. The quantitative estimate of drug-likeness (QED) is 0.687. The van der Waals surface area contributed by atoms with Crippen molar-refractivity contribution >= 4 is 34.2 Å². The van der Waals surface area contributed by atoms with Gasteiger partial charge in [0.05, 0.1) is 37.6 Å². The van der Waals surface area contributed by atoms with Crippen LogP contribution in [0.5, 0.6) is 11.5 Å². The Morgan fingerprint density at radius 1 is 1.11 bits per heavy atom. The number of ether oxygens (including phenoxy) is 2. The number of nitrogens with one attached hydrogen (secondary N) is 1. The van der Waals surface area contributed by atoms with Crippen LogP contribution in [0.1, 0.15) is 23.1 Å². The maximum Gasteiger partial charge on any atom is 0.228 e. The molecule has 0 saturated carbocycles. The summed E-state index contributed by atoms with van der Waals surface area (Å²) in [6.07, 6.45) is 5.23. The Balaban J connectivity index is 1.56. The highest BCUT2D eigenvalue weighted by Gasteiger charge is 2.18. The first-order valence-electron chi connectivity index (χ1n) is 8.82. The summed E-state index contributed by atoms with van der Waals surface area (Å²) >= 11 is 6.25. The van der Waals surface area contributed by atoms with Crippen LogP contribution >= 0.6 is 11.6 Å². The van der Waals surface area contributed by atoms with Crippen LogP contribution in [0, 0.1) is 0 Å². The van der Waals surface area contributed by atoms with Gasteiger partial charge < -0.3 is 19.2 Å². The van der Waals surface area contributed by atoms with E-state index in [0.29, 0.717) is 22.2 Å². The molecule has 2 aromatic carbocycles. The van der Waals surface area contributed by atoms with Gasteiger partial charge in [0.2, 0.25) is 5.91 Å². The zero-order valence-electron chi connectivity index (χ0n) is 15.2. The number of carbonyl (C=O) groups is 1. The van der Waals surface area contributed by atoms with E-state index in [9.17, 15) is 4.79 Å². The van der Waals surface area contributed by atoms with E-state index in [4.69, 9.17) is 25.5 Å². The van der Waals surface area contributed by atoms with Gasteiger partial charge in [-0.25, -0.2) is 0 Å². The molecular weight excluding hydrogens is 366 g/mol. The van der Waals surface area contributed by atoms with Gasteiger partial charge >= 0.3 is 0 Å². The Morgan fingerprint density at radius 2 is 1.81 bits per heavy atom. The molecule has 1 aromatic heterocycles. The topological polar surface area (TPSA) is 60.7 Å². The Morgan fingerprint density at radius 3 is 2.56 bits per heavy atom. The van der Waals surface area contributed by atoms with Gasteiger partial charge in [-0.2, -0.15) is 0 Å². The Hall–Kier alpha value is -2.66. The van der Waals surface area contributed by atoms with Gasteiger partial charge in [0, 0.05) is 23.1 Å². The summed E-state index contributed by atoms with van der Waals surface area (Å²) in [5.74, 6) is 0.837. The van der Waals surface area contributed by atoms with Crippen molar-refractivity contribution in [2.24, 2.45) is 0 Å². The van der Waals surface area contributed by atoms with Crippen molar-refractivity contribution in [3.63, 3.8) is 0 Å². The fraction of sp³-hybridized carbons (Fsp3) is 0.286. The van der Waals surface area contributed by atoms with E-state index in [-0.39, 0.29) is 12.3 Å². The van der Waals surface area contributed by atoms with E-state index in [1.807, 2.05) is 0 Å². The van der Waals surface area contributed by atoms with Gasteiger partial charge in [0.15, 0.2) is 11.5 Å². The molecule has 1 heterocycles. The molecule has 0 aliphatic heterocycles. The van der Waals surface area contributed by atoms with Crippen LogP contribution in [-0.2, 0) is 24.1 Å². The van der Waals surface area contributed by atoms with E-state index in [2.05, 4.69) is 17.4 Å². The van der Waals surface area contributed by atoms with E-state index >= 15 is 0 Å². The van der Waals surface area contributed by atoms with Crippen LogP contribution < -0.4 is 14.8 Å². The van der Waals surface area contributed by atoms with Crippen LogP contribution in [-0.4, -0.2) is 20.1 Å². The largest absolute Gasteiger partial charge is 0.493 e. The van der Waals surface area contributed by atoms with Crippen molar-refractivity contribution in [2.45, 2.75) is 25.7 Å². The van der Waals surface area contributed by atoms with Crippen molar-refractivity contribution in [3.05, 3.63) is 52.2 Å². The molecule has 1 aliphatic carbocycles. The molecule has 0 saturated heterocycles. The van der Waals surface area contributed by atoms with Gasteiger partial charge in [0.1, 0.15) is 5.58 Å². The van der Waals surface area contributed by atoms with E-state index in [1.165, 1.54) is 31.8 Å². The molecule has 5 nitrogen and oxygen atoms in total. The first-order valence-corrected chi connectivity index (χ1v) is 9.20. The number of amides is 1. The molecule has 0 fully saturated rings. The van der Waals surface area contributed by atoms with Crippen molar-refractivity contribution in [1.82, 2.24) is 0 Å². The van der Waals surface area contributed by atoms with Gasteiger partial charge in [-0.3, -0.25) is 4.79 Å². The maximum atomic E-state index is 12.6. The van der Waals surface area contributed by atoms with Crippen LogP contribution in [0.25, 0.3) is 11.0 Å². The molecule has 1 amide bonds. The standard InChI is InChI=1S/C21H20ClNO4/c1-25-19-9-16(22)17(10-20(19)26-2)23-21(24)8-14-11-27-18-7-13-5-3-4-12(13)6-15(14)18/h6-7,9-11H,3-5,8H2,1-2H3,(H,23,24). The summed E-state index contributed by atoms with van der Waals surface area (Å²) < 4.78 is 16.2. The lowest BCUT2D eigenvalue weighted by molar-refractivity contribution is -0.115. The van der Waals surface area contributed by atoms with Crippen molar-refractivity contribution in [2.75, 3.05) is 19.5 Å². The van der Waals surface area contributed by atoms with Gasteiger partial charge in [0.25, 0.3) is 0 Å². The Kier molecular flexibility index (Phi) is 4.70. The Bertz CT molecular complexity index is 1020. The molecule has 4 rings (SSSR count). The highest BCUT2D eigenvalue weighted by molar-refractivity contribution is 6.34. The Labute approximate surface area is 162 Å². The number of halogens is 1. The van der Waals surface area contributed by atoms with E-state index < -0.39 is 0 Å². The number of rotatable bonds is 5. The molecule has 0 radical (unpaired) electrons. The van der Waals surface area contributed by atoms with Crippen molar-refractivity contribution in [1.29, 1.82) is 0 Å². The smallest absolute Gasteiger partial charge is 0.228 e. The van der Waals surface area contributed by atoms with Crippen LogP contribution in [0.2, 0.25) is 5.02 Å². The summed E-state index contributed by atoms with van der Waals surface area (Å²) in [5.41, 5.74) is 4.89. The number of anilines is 1. The number of aryl methyl sites for hydroxylation is 2. The minimum Gasteiger partial charge on any atom is -0.493 e. The second kappa shape index (κ2) is 7.16. The van der Waals surface area contributed by atoms with Crippen LogP contribution in [0.3, 0.4) is 0 Å². The fourth-order valence-electron chi connectivity index (χ4n) is 3.60. The first kappa shape index (κ1) is 17.7. The average Bonchev–Trinajstić information content (AvgIpc) is 3.27. The number of methoxy groups -OCH3 is 2. The van der Waals surface area contributed by atoms with Crippen LogP contribution in [0.15, 0.2) is 34.9 Å². The molecule has 6 heteroatoms. The first-order chi connectivity index (χ1) is 13.1. The van der Waals surface area contributed by atoms with Crippen molar-refractivity contribution in [3.8, 4) is 11.5 Å². The third-order valence-electron chi connectivity index (χ3n) is 4.97. The SMILES string of the molecule is COc1cc(Cl)c(NC(=O)Cc2coc3cc4c(cc23)CCC4)cc1OC. The lowest BCUT2D eigenvalue weighted by atomic mass is 10.0. The predicted octanol–water partition coefficient (Wildman–Crippen LogP) is 4.77. The maximum absolute atomic E-state index is 12.6. The highest BCUT2D eigenvalue weighted by atomic mass is 35.5. The molecule has 3 aromatic rings. The monoisotopic (exact) mass is 385 g/mol. The molecule has 140 valence electrons. The number of hydrogen-bond donors (Lipinski definition) is 1.